The standard InChI is InChI=1S/C29H32ClNO3/c1-20(22-8-4-3-5-9-22)31-29(32)26-11-7-6-10-25(26)23-14-12-21(13-15-23)19-34-27-17-16-24(30)18-28(27)33-2/h3-5,8-9,12-18,20,25-26H,6-7,10-11,19H2,1-2H3,(H,31,32)/t20-,25+,26-/m0/s1. The Morgan fingerprint density at radius 3 is 2.47 bits per heavy atom. The van der Waals surface area contributed by atoms with Crippen molar-refractivity contribution in [3.63, 3.8) is 0 Å². The molecule has 4 nitrogen and oxygen atoms in total. The highest BCUT2D eigenvalue weighted by molar-refractivity contribution is 6.30. The number of rotatable bonds is 8. The van der Waals surface area contributed by atoms with Gasteiger partial charge in [-0.3, -0.25) is 4.79 Å². The fraction of sp³-hybridized carbons (Fsp3) is 0.345. The molecule has 178 valence electrons. The maximum Gasteiger partial charge on any atom is 0.224 e. The Kier molecular flexibility index (Phi) is 8.12. The lowest BCUT2D eigenvalue weighted by Gasteiger charge is -2.32. The molecule has 1 saturated carbocycles. The van der Waals surface area contributed by atoms with Gasteiger partial charge in [-0.25, -0.2) is 0 Å². The van der Waals surface area contributed by atoms with Crippen molar-refractivity contribution in [1.29, 1.82) is 0 Å². The predicted octanol–water partition coefficient (Wildman–Crippen LogP) is 7.08. The van der Waals surface area contributed by atoms with E-state index < -0.39 is 0 Å². The third-order valence-corrected chi connectivity index (χ3v) is 6.92. The van der Waals surface area contributed by atoms with Crippen LogP contribution in [0.5, 0.6) is 11.5 Å². The molecule has 0 bridgehead atoms. The van der Waals surface area contributed by atoms with E-state index in [-0.39, 0.29) is 23.8 Å². The Hall–Kier alpha value is -2.98. The van der Waals surface area contributed by atoms with Crippen molar-refractivity contribution in [1.82, 2.24) is 5.32 Å². The Bertz CT molecular complexity index is 1080. The van der Waals surface area contributed by atoms with Crippen molar-refractivity contribution < 1.29 is 14.3 Å². The summed E-state index contributed by atoms with van der Waals surface area (Å²) < 4.78 is 11.3. The summed E-state index contributed by atoms with van der Waals surface area (Å²) in [4.78, 5) is 13.2. The summed E-state index contributed by atoms with van der Waals surface area (Å²) in [5, 5.41) is 3.86. The number of halogens is 1. The molecular weight excluding hydrogens is 446 g/mol. The van der Waals surface area contributed by atoms with Gasteiger partial charge in [-0.1, -0.05) is 79.0 Å². The molecule has 1 fully saturated rings. The van der Waals surface area contributed by atoms with Crippen molar-refractivity contribution >= 4 is 17.5 Å². The summed E-state index contributed by atoms with van der Waals surface area (Å²) in [6.07, 6.45) is 4.22. The van der Waals surface area contributed by atoms with E-state index in [0.29, 0.717) is 23.1 Å². The van der Waals surface area contributed by atoms with E-state index in [1.807, 2.05) is 24.3 Å². The number of hydrogen-bond donors (Lipinski definition) is 1. The number of methoxy groups -OCH3 is 1. The Morgan fingerprint density at radius 2 is 1.74 bits per heavy atom. The normalized spacial score (nSPS) is 18.7. The maximum atomic E-state index is 13.2. The molecule has 0 radical (unpaired) electrons. The maximum absolute atomic E-state index is 13.2. The molecule has 1 amide bonds. The number of hydrogen-bond acceptors (Lipinski definition) is 3. The molecule has 0 spiro atoms. The van der Waals surface area contributed by atoms with Crippen LogP contribution in [-0.2, 0) is 11.4 Å². The zero-order valence-electron chi connectivity index (χ0n) is 19.8. The second kappa shape index (κ2) is 11.4. The number of carbonyl (C=O) groups excluding carboxylic acids is 1. The average molecular weight is 478 g/mol. The molecule has 0 heterocycles. The van der Waals surface area contributed by atoms with Gasteiger partial charge in [0.05, 0.1) is 13.2 Å². The molecule has 0 aromatic heterocycles. The molecule has 5 heteroatoms. The topological polar surface area (TPSA) is 47.6 Å². The number of ether oxygens (including phenoxy) is 2. The summed E-state index contributed by atoms with van der Waals surface area (Å²) in [5.41, 5.74) is 3.42. The number of amides is 1. The first kappa shape index (κ1) is 24.2. The molecule has 0 aliphatic heterocycles. The minimum absolute atomic E-state index is 0.000315. The molecule has 3 atom stereocenters. The van der Waals surface area contributed by atoms with Gasteiger partial charge in [0.1, 0.15) is 6.61 Å². The van der Waals surface area contributed by atoms with Gasteiger partial charge in [0, 0.05) is 17.0 Å². The van der Waals surface area contributed by atoms with Crippen LogP contribution in [-0.4, -0.2) is 13.0 Å². The highest BCUT2D eigenvalue weighted by atomic mass is 35.5. The van der Waals surface area contributed by atoms with Crippen LogP contribution < -0.4 is 14.8 Å². The van der Waals surface area contributed by atoms with Crippen molar-refractivity contribution in [3.05, 3.63) is 94.5 Å². The first-order chi connectivity index (χ1) is 16.5. The molecule has 3 aromatic carbocycles. The summed E-state index contributed by atoms with van der Waals surface area (Å²) >= 11 is 6.03. The SMILES string of the molecule is COc1cc(Cl)ccc1OCc1ccc([C@H]2CCCC[C@@H]2C(=O)N[C@@H](C)c2ccccc2)cc1. The molecular formula is C29H32ClNO3. The Balaban J connectivity index is 1.40. The predicted molar refractivity (Wildman–Crippen MR) is 136 cm³/mol. The number of nitrogens with one attached hydrogen (secondary N) is 1. The van der Waals surface area contributed by atoms with Crippen LogP contribution in [0.15, 0.2) is 72.8 Å². The van der Waals surface area contributed by atoms with E-state index in [9.17, 15) is 4.79 Å². The highest BCUT2D eigenvalue weighted by Gasteiger charge is 2.32. The van der Waals surface area contributed by atoms with E-state index in [1.165, 1.54) is 5.56 Å². The minimum Gasteiger partial charge on any atom is -0.493 e. The van der Waals surface area contributed by atoms with Crippen LogP contribution >= 0.6 is 11.6 Å². The van der Waals surface area contributed by atoms with Crippen LogP contribution in [0.3, 0.4) is 0 Å². The Morgan fingerprint density at radius 1 is 1.00 bits per heavy atom. The van der Waals surface area contributed by atoms with Gasteiger partial charge in [-0.2, -0.15) is 0 Å². The molecule has 1 aliphatic carbocycles. The van der Waals surface area contributed by atoms with Gasteiger partial charge >= 0.3 is 0 Å². The van der Waals surface area contributed by atoms with Crippen LogP contribution in [0, 0.1) is 5.92 Å². The zero-order chi connectivity index (χ0) is 23.9. The zero-order valence-corrected chi connectivity index (χ0v) is 20.6. The van der Waals surface area contributed by atoms with Crippen LogP contribution in [0.2, 0.25) is 5.02 Å². The Labute approximate surface area is 207 Å². The lowest BCUT2D eigenvalue weighted by molar-refractivity contribution is -0.127. The van der Waals surface area contributed by atoms with Crippen molar-refractivity contribution in [3.8, 4) is 11.5 Å². The van der Waals surface area contributed by atoms with Gasteiger partial charge in [-0.15, -0.1) is 0 Å². The first-order valence-corrected chi connectivity index (χ1v) is 12.3. The monoisotopic (exact) mass is 477 g/mol. The van der Waals surface area contributed by atoms with Crippen molar-refractivity contribution in [2.75, 3.05) is 7.11 Å². The summed E-state index contributed by atoms with van der Waals surface area (Å²) in [5.74, 6) is 1.67. The van der Waals surface area contributed by atoms with Crippen molar-refractivity contribution in [2.45, 2.75) is 51.2 Å². The summed E-state index contributed by atoms with van der Waals surface area (Å²) in [7, 11) is 1.60. The fourth-order valence-electron chi connectivity index (χ4n) is 4.77. The van der Waals surface area contributed by atoms with Gasteiger partial charge in [0.2, 0.25) is 5.91 Å². The second-order valence-corrected chi connectivity index (χ2v) is 9.40. The van der Waals surface area contributed by atoms with Crippen LogP contribution in [0.1, 0.15) is 61.3 Å². The average Bonchev–Trinajstić information content (AvgIpc) is 2.88. The minimum atomic E-state index is 0.000315. The smallest absolute Gasteiger partial charge is 0.224 e. The van der Waals surface area contributed by atoms with Gasteiger partial charge in [0.25, 0.3) is 0 Å². The van der Waals surface area contributed by atoms with E-state index in [4.69, 9.17) is 21.1 Å². The molecule has 3 aromatic rings. The fourth-order valence-corrected chi connectivity index (χ4v) is 4.93. The quantitative estimate of drug-likeness (QED) is 0.377. The third-order valence-electron chi connectivity index (χ3n) is 6.69. The molecule has 1 N–H and O–H groups in total. The summed E-state index contributed by atoms with van der Waals surface area (Å²) in [6.45, 7) is 2.48. The van der Waals surface area contributed by atoms with E-state index in [0.717, 1.165) is 36.8 Å². The molecule has 0 unspecified atom stereocenters. The number of carbonyl (C=O) groups is 1. The molecule has 1 aliphatic rings. The molecule has 0 saturated heterocycles. The number of benzene rings is 3. The van der Waals surface area contributed by atoms with Gasteiger partial charge in [0.15, 0.2) is 11.5 Å². The van der Waals surface area contributed by atoms with Crippen molar-refractivity contribution in [2.24, 2.45) is 5.92 Å². The van der Waals surface area contributed by atoms with Gasteiger partial charge in [-0.05, 0) is 54.5 Å². The highest BCUT2D eigenvalue weighted by Crippen LogP contribution is 2.38. The van der Waals surface area contributed by atoms with Crippen LogP contribution in [0.4, 0.5) is 0 Å². The first-order valence-electron chi connectivity index (χ1n) is 12.0. The van der Waals surface area contributed by atoms with Crippen LogP contribution in [0.25, 0.3) is 0 Å². The third kappa shape index (κ3) is 5.92. The van der Waals surface area contributed by atoms with Gasteiger partial charge < -0.3 is 14.8 Å². The molecule has 34 heavy (non-hydrogen) atoms. The molecule has 4 rings (SSSR count). The summed E-state index contributed by atoms with van der Waals surface area (Å²) in [6, 6.07) is 24.0. The lowest BCUT2D eigenvalue weighted by Crippen LogP contribution is -2.37. The van der Waals surface area contributed by atoms with E-state index >= 15 is 0 Å². The largest absolute Gasteiger partial charge is 0.493 e. The van der Waals surface area contributed by atoms with E-state index in [2.05, 4.69) is 48.6 Å². The van der Waals surface area contributed by atoms with E-state index in [1.54, 1.807) is 19.2 Å². The lowest BCUT2D eigenvalue weighted by atomic mass is 9.75. The second-order valence-electron chi connectivity index (χ2n) is 8.96.